The Bertz CT molecular complexity index is 545. The number of aromatic nitrogens is 2. The van der Waals surface area contributed by atoms with Gasteiger partial charge in [0.1, 0.15) is 0 Å². The van der Waals surface area contributed by atoms with Crippen LogP contribution in [0.2, 0.25) is 0 Å². The Labute approximate surface area is 112 Å². The molecule has 0 saturated heterocycles. The van der Waals surface area contributed by atoms with Crippen molar-refractivity contribution in [2.45, 2.75) is 26.3 Å². The van der Waals surface area contributed by atoms with E-state index >= 15 is 0 Å². The number of nitrogens with one attached hydrogen (secondary N) is 1. The Kier molecular flexibility index (Phi) is 4.92. The van der Waals surface area contributed by atoms with Crippen LogP contribution in [0.25, 0.3) is 0 Å². The summed E-state index contributed by atoms with van der Waals surface area (Å²) in [5, 5.41) is 7.43. The summed E-state index contributed by atoms with van der Waals surface area (Å²) in [6, 6.07) is 9.85. The van der Waals surface area contributed by atoms with E-state index in [4.69, 9.17) is 4.42 Å². The summed E-state index contributed by atoms with van der Waals surface area (Å²) < 4.78 is 6.52. The zero-order valence-corrected chi connectivity index (χ0v) is 11.1. The monoisotopic (exact) mass is 261 g/mol. The van der Waals surface area contributed by atoms with Crippen LogP contribution in [-0.2, 0) is 13.0 Å². The molecular weight excluding hydrogens is 242 g/mol. The normalized spacial score (nSPS) is 10.8. The van der Waals surface area contributed by atoms with Gasteiger partial charge >= 0.3 is 5.76 Å². The van der Waals surface area contributed by atoms with Gasteiger partial charge in [-0.15, -0.1) is 5.10 Å². The summed E-state index contributed by atoms with van der Waals surface area (Å²) in [6.45, 7) is 4.32. The summed E-state index contributed by atoms with van der Waals surface area (Å²) in [6.07, 6.45) is 1.62. The highest BCUT2D eigenvalue weighted by molar-refractivity contribution is 5.17. The topological polar surface area (TPSA) is 60.1 Å². The van der Waals surface area contributed by atoms with Gasteiger partial charge in [0.2, 0.25) is 5.89 Å². The average molecular weight is 261 g/mol. The van der Waals surface area contributed by atoms with E-state index in [1.165, 1.54) is 4.68 Å². The van der Waals surface area contributed by atoms with Crippen molar-refractivity contribution in [3.63, 3.8) is 0 Å². The van der Waals surface area contributed by atoms with Crippen LogP contribution in [0.3, 0.4) is 0 Å². The Morgan fingerprint density at radius 3 is 2.79 bits per heavy atom. The summed E-state index contributed by atoms with van der Waals surface area (Å²) in [5.74, 6) is 0.0796. The van der Waals surface area contributed by atoms with Crippen LogP contribution >= 0.6 is 0 Å². The molecule has 102 valence electrons. The van der Waals surface area contributed by atoms with Crippen molar-refractivity contribution in [1.29, 1.82) is 0 Å². The Hall–Kier alpha value is -1.88. The minimum Gasteiger partial charge on any atom is -0.392 e. The number of hydrogen-bond acceptors (Lipinski definition) is 4. The fourth-order valence-electron chi connectivity index (χ4n) is 1.82. The van der Waals surface area contributed by atoms with Gasteiger partial charge < -0.3 is 9.73 Å². The van der Waals surface area contributed by atoms with Gasteiger partial charge in [0.25, 0.3) is 0 Å². The number of nitrogens with zero attached hydrogens (tertiary/aromatic N) is 2. The van der Waals surface area contributed by atoms with E-state index in [9.17, 15) is 4.79 Å². The third kappa shape index (κ3) is 4.06. The van der Waals surface area contributed by atoms with E-state index < -0.39 is 0 Å². The molecular formula is C14H19N3O2. The van der Waals surface area contributed by atoms with Crippen molar-refractivity contribution in [2.24, 2.45) is 0 Å². The van der Waals surface area contributed by atoms with Gasteiger partial charge in [0.05, 0.1) is 13.0 Å². The minimum absolute atomic E-state index is 0.385. The van der Waals surface area contributed by atoms with Crippen molar-refractivity contribution in [3.05, 3.63) is 52.3 Å². The van der Waals surface area contributed by atoms with Gasteiger partial charge in [-0.3, -0.25) is 0 Å². The smallest absolute Gasteiger partial charge is 0.392 e. The molecule has 5 nitrogen and oxygen atoms in total. The van der Waals surface area contributed by atoms with Gasteiger partial charge in [0.15, 0.2) is 0 Å². The fraction of sp³-hybridized carbons (Fsp3) is 0.429. The third-order valence-corrected chi connectivity index (χ3v) is 2.77. The molecule has 2 aromatic rings. The standard InChI is InChI=1S/C14H19N3O2/c1-2-8-15-9-10-17-14(18)19-13(16-17)11-12-6-4-3-5-7-12/h3-7,15H,2,8-11H2,1H3. The van der Waals surface area contributed by atoms with Crippen LogP contribution < -0.4 is 11.1 Å². The second-order valence-electron chi connectivity index (χ2n) is 4.40. The predicted octanol–water partition coefficient (Wildman–Crippen LogP) is 1.43. The highest BCUT2D eigenvalue weighted by atomic mass is 16.4. The second kappa shape index (κ2) is 6.89. The maximum Gasteiger partial charge on any atom is 0.437 e. The van der Waals surface area contributed by atoms with Crippen LogP contribution in [0.1, 0.15) is 24.8 Å². The van der Waals surface area contributed by atoms with Crippen LogP contribution in [0, 0.1) is 0 Å². The van der Waals surface area contributed by atoms with Gasteiger partial charge in [-0.05, 0) is 18.5 Å². The summed E-state index contributed by atoms with van der Waals surface area (Å²) in [4.78, 5) is 11.6. The molecule has 1 aromatic carbocycles. The van der Waals surface area contributed by atoms with Gasteiger partial charge in [-0.1, -0.05) is 37.3 Å². The molecule has 0 spiro atoms. The molecule has 0 atom stereocenters. The van der Waals surface area contributed by atoms with Gasteiger partial charge in [-0.25, -0.2) is 4.79 Å². The first-order chi connectivity index (χ1) is 9.29. The second-order valence-corrected chi connectivity index (χ2v) is 4.40. The molecule has 0 radical (unpaired) electrons. The largest absolute Gasteiger partial charge is 0.437 e. The van der Waals surface area contributed by atoms with E-state index in [0.717, 1.165) is 25.1 Å². The Morgan fingerprint density at radius 2 is 2.05 bits per heavy atom. The first-order valence-corrected chi connectivity index (χ1v) is 6.61. The van der Waals surface area contributed by atoms with Crippen molar-refractivity contribution in [1.82, 2.24) is 15.1 Å². The molecule has 19 heavy (non-hydrogen) atoms. The van der Waals surface area contributed by atoms with Crippen LogP contribution in [0.5, 0.6) is 0 Å². The molecule has 0 saturated carbocycles. The maximum atomic E-state index is 11.6. The summed E-state index contributed by atoms with van der Waals surface area (Å²) in [7, 11) is 0. The zero-order chi connectivity index (χ0) is 13.5. The molecule has 1 heterocycles. The average Bonchev–Trinajstić information content (AvgIpc) is 2.76. The lowest BCUT2D eigenvalue weighted by Gasteiger charge is -2.00. The van der Waals surface area contributed by atoms with E-state index in [1.54, 1.807) is 0 Å². The van der Waals surface area contributed by atoms with Crippen molar-refractivity contribution in [3.8, 4) is 0 Å². The van der Waals surface area contributed by atoms with Crippen molar-refractivity contribution >= 4 is 0 Å². The molecule has 0 fully saturated rings. The maximum absolute atomic E-state index is 11.6. The Balaban J connectivity index is 1.95. The number of rotatable bonds is 7. The molecule has 1 N–H and O–H groups in total. The molecule has 1 aromatic heterocycles. The highest BCUT2D eigenvalue weighted by Crippen LogP contribution is 2.04. The van der Waals surface area contributed by atoms with Gasteiger partial charge in [0, 0.05) is 6.54 Å². The molecule has 0 unspecified atom stereocenters. The fourth-order valence-corrected chi connectivity index (χ4v) is 1.82. The van der Waals surface area contributed by atoms with E-state index in [2.05, 4.69) is 17.3 Å². The molecule has 0 bridgehead atoms. The van der Waals surface area contributed by atoms with E-state index in [0.29, 0.717) is 18.9 Å². The summed E-state index contributed by atoms with van der Waals surface area (Å²) in [5.41, 5.74) is 1.08. The zero-order valence-electron chi connectivity index (χ0n) is 11.1. The number of benzene rings is 1. The van der Waals surface area contributed by atoms with Gasteiger partial charge in [-0.2, -0.15) is 4.68 Å². The molecule has 0 aliphatic heterocycles. The van der Waals surface area contributed by atoms with E-state index in [1.807, 2.05) is 30.3 Å². The molecule has 2 rings (SSSR count). The van der Waals surface area contributed by atoms with E-state index in [-0.39, 0.29) is 5.76 Å². The minimum atomic E-state index is -0.385. The molecule has 0 amide bonds. The highest BCUT2D eigenvalue weighted by Gasteiger charge is 2.08. The lowest BCUT2D eigenvalue weighted by atomic mass is 10.2. The lowest BCUT2D eigenvalue weighted by Crippen LogP contribution is -2.25. The van der Waals surface area contributed by atoms with Crippen LogP contribution in [-0.4, -0.2) is 22.9 Å². The van der Waals surface area contributed by atoms with Crippen molar-refractivity contribution in [2.75, 3.05) is 13.1 Å². The van der Waals surface area contributed by atoms with Crippen molar-refractivity contribution < 1.29 is 4.42 Å². The third-order valence-electron chi connectivity index (χ3n) is 2.77. The summed E-state index contributed by atoms with van der Waals surface area (Å²) >= 11 is 0. The molecule has 0 aliphatic rings. The first kappa shape index (κ1) is 13.5. The molecule has 5 heteroatoms. The quantitative estimate of drug-likeness (QED) is 0.766. The molecule has 0 aliphatic carbocycles. The Morgan fingerprint density at radius 1 is 1.26 bits per heavy atom. The number of hydrogen-bond donors (Lipinski definition) is 1. The lowest BCUT2D eigenvalue weighted by molar-refractivity contribution is 0.447. The van der Waals surface area contributed by atoms with Crippen LogP contribution in [0.4, 0.5) is 0 Å². The SMILES string of the molecule is CCCNCCn1nc(Cc2ccccc2)oc1=O. The first-order valence-electron chi connectivity index (χ1n) is 6.61. The predicted molar refractivity (Wildman–Crippen MR) is 73.2 cm³/mol. The van der Waals surface area contributed by atoms with Crippen LogP contribution in [0.15, 0.2) is 39.5 Å².